The fraction of sp³-hybridized carbons (Fsp3) is 0. The Bertz CT molecular complexity index is 916. The van der Waals surface area contributed by atoms with Gasteiger partial charge in [-0.3, -0.25) is 0 Å². The minimum Gasteiger partial charge on any atom is -0.462 e. The van der Waals surface area contributed by atoms with Crippen LogP contribution in [0.15, 0.2) is 71.3 Å². The maximum absolute atomic E-state index is 5.94. The lowest BCUT2D eigenvalue weighted by atomic mass is 9.97. The summed E-state index contributed by atoms with van der Waals surface area (Å²) in [6.45, 7) is 0. The Morgan fingerprint density at radius 3 is 2.60 bits per heavy atom. The van der Waals surface area contributed by atoms with Gasteiger partial charge in [-0.25, -0.2) is 0 Å². The number of benzene rings is 3. The third-order valence-electron chi connectivity index (χ3n) is 3.70. The van der Waals surface area contributed by atoms with E-state index in [0.717, 1.165) is 16.5 Å². The summed E-state index contributed by atoms with van der Waals surface area (Å²) in [4.78, 5) is 0. The number of furan rings is 1. The predicted octanol–water partition coefficient (Wildman–Crippen LogP) is 4.84. The van der Waals surface area contributed by atoms with Crippen LogP contribution < -0.4 is 5.73 Å². The molecule has 0 spiro atoms. The van der Waals surface area contributed by atoms with Gasteiger partial charge in [-0.2, -0.15) is 0 Å². The molecule has 0 radical (unpaired) electrons. The van der Waals surface area contributed by atoms with Crippen molar-refractivity contribution in [2.24, 2.45) is 0 Å². The van der Waals surface area contributed by atoms with Crippen molar-refractivity contribution < 1.29 is 4.42 Å². The molecule has 4 rings (SSSR count). The average molecular weight is 259 g/mol. The number of hydrogen-bond donors (Lipinski definition) is 1. The van der Waals surface area contributed by atoms with E-state index in [0.29, 0.717) is 5.69 Å². The third-order valence-corrected chi connectivity index (χ3v) is 3.70. The van der Waals surface area contributed by atoms with Crippen LogP contribution in [0.25, 0.3) is 32.9 Å². The molecule has 2 nitrogen and oxygen atoms in total. The Kier molecular flexibility index (Phi) is 2.30. The molecule has 96 valence electrons. The monoisotopic (exact) mass is 259 g/mol. The standard InChI is InChI=1S/C18H13NO/c19-17-11-20-18-9-8-13(10-16(17)18)15-7-3-5-12-4-1-2-6-14(12)15/h1-11H,19H2. The second-order valence-electron chi connectivity index (χ2n) is 4.93. The van der Waals surface area contributed by atoms with E-state index in [9.17, 15) is 0 Å². The molecule has 0 saturated carbocycles. The van der Waals surface area contributed by atoms with E-state index in [1.807, 2.05) is 6.07 Å². The molecule has 0 unspecified atom stereocenters. The van der Waals surface area contributed by atoms with Gasteiger partial charge < -0.3 is 10.2 Å². The van der Waals surface area contributed by atoms with Crippen LogP contribution in [0.4, 0.5) is 5.69 Å². The molecule has 20 heavy (non-hydrogen) atoms. The van der Waals surface area contributed by atoms with E-state index in [4.69, 9.17) is 10.2 Å². The van der Waals surface area contributed by atoms with Crippen molar-refractivity contribution in [3.63, 3.8) is 0 Å². The van der Waals surface area contributed by atoms with E-state index in [2.05, 4.69) is 54.6 Å². The first-order valence-electron chi connectivity index (χ1n) is 6.58. The molecule has 0 aliphatic heterocycles. The van der Waals surface area contributed by atoms with Gasteiger partial charge in [0.2, 0.25) is 0 Å². The van der Waals surface area contributed by atoms with Crippen LogP contribution in [-0.2, 0) is 0 Å². The lowest BCUT2D eigenvalue weighted by Crippen LogP contribution is -1.83. The topological polar surface area (TPSA) is 39.2 Å². The number of nitrogens with two attached hydrogens (primary N) is 1. The third kappa shape index (κ3) is 1.58. The first kappa shape index (κ1) is 11.1. The van der Waals surface area contributed by atoms with Gasteiger partial charge in [0.1, 0.15) is 11.8 Å². The summed E-state index contributed by atoms with van der Waals surface area (Å²) >= 11 is 0. The second-order valence-corrected chi connectivity index (χ2v) is 4.93. The Hall–Kier alpha value is -2.74. The molecule has 3 aromatic carbocycles. The zero-order valence-corrected chi connectivity index (χ0v) is 10.8. The zero-order chi connectivity index (χ0) is 13.5. The molecule has 1 heterocycles. The highest BCUT2D eigenvalue weighted by Gasteiger charge is 2.07. The van der Waals surface area contributed by atoms with Crippen molar-refractivity contribution in [2.45, 2.75) is 0 Å². The normalized spacial score (nSPS) is 11.2. The molecular weight excluding hydrogens is 246 g/mol. The number of fused-ring (bicyclic) bond motifs is 2. The lowest BCUT2D eigenvalue weighted by Gasteiger charge is -2.07. The SMILES string of the molecule is Nc1coc2ccc(-c3cccc4ccccc34)cc12. The van der Waals surface area contributed by atoms with Gasteiger partial charge >= 0.3 is 0 Å². The van der Waals surface area contributed by atoms with Gasteiger partial charge in [-0.15, -0.1) is 0 Å². The van der Waals surface area contributed by atoms with Crippen molar-refractivity contribution in [1.82, 2.24) is 0 Å². The summed E-state index contributed by atoms with van der Waals surface area (Å²) in [5.74, 6) is 0. The van der Waals surface area contributed by atoms with Crippen LogP contribution in [0.1, 0.15) is 0 Å². The Labute approximate surface area is 116 Å². The van der Waals surface area contributed by atoms with Crippen LogP contribution >= 0.6 is 0 Å². The summed E-state index contributed by atoms with van der Waals surface area (Å²) in [6.07, 6.45) is 1.59. The van der Waals surface area contributed by atoms with Gasteiger partial charge in [0.15, 0.2) is 0 Å². The van der Waals surface area contributed by atoms with Gasteiger partial charge in [0.25, 0.3) is 0 Å². The molecule has 1 aromatic heterocycles. The van der Waals surface area contributed by atoms with Crippen molar-refractivity contribution in [3.8, 4) is 11.1 Å². The minimum absolute atomic E-state index is 0.682. The van der Waals surface area contributed by atoms with Crippen LogP contribution in [0.3, 0.4) is 0 Å². The van der Waals surface area contributed by atoms with E-state index in [1.165, 1.54) is 16.3 Å². The van der Waals surface area contributed by atoms with Gasteiger partial charge in [0, 0.05) is 5.39 Å². The molecule has 2 N–H and O–H groups in total. The van der Waals surface area contributed by atoms with Crippen molar-refractivity contribution in [1.29, 1.82) is 0 Å². The Balaban J connectivity index is 2.03. The number of rotatable bonds is 1. The number of anilines is 1. The molecule has 0 aliphatic carbocycles. The van der Waals surface area contributed by atoms with E-state index >= 15 is 0 Å². The molecule has 0 aliphatic rings. The maximum atomic E-state index is 5.94. The molecule has 4 aromatic rings. The van der Waals surface area contributed by atoms with Crippen LogP contribution in [-0.4, -0.2) is 0 Å². The summed E-state index contributed by atoms with van der Waals surface area (Å²) in [6, 6.07) is 20.9. The number of hydrogen-bond acceptors (Lipinski definition) is 2. The molecule has 2 heteroatoms. The molecule has 0 atom stereocenters. The highest BCUT2D eigenvalue weighted by atomic mass is 16.3. The summed E-state index contributed by atoms with van der Waals surface area (Å²) < 4.78 is 5.40. The molecule has 0 bridgehead atoms. The van der Waals surface area contributed by atoms with Crippen LogP contribution in [0, 0.1) is 0 Å². The quantitative estimate of drug-likeness (QED) is 0.531. The summed E-state index contributed by atoms with van der Waals surface area (Å²) in [5, 5.41) is 3.46. The molecular formula is C18H13NO. The van der Waals surface area contributed by atoms with E-state index in [1.54, 1.807) is 6.26 Å². The van der Waals surface area contributed by atoms with Crippen LogP contribution in [0.2, 0.25) is 0 Å². The highest BCUT2D eigenvalue weighted by Crippen LogP contribution is 2.32. The van der Waals surface area contributed by atoms with E-state index in [-0.39, 0.29) is 0 Å². The predicted molar refractivity (Wildman–Crippen MR) is 83.6 cm³/mol. The molecule has 0 amide bonds. The first-order valence-corrected chi connectivity index (χ1v) is 6.58. The highest BCUT2D eigenvalue weighted by molar-refractivity contribution is 6.00. The van der Waals surface area contributed by atoms with Gasteiger partial charge in [-0.05, 0) is 34.0 Å². The maximum Gasteiger partial charge on any atom is 0.136 e. The van der Waals surface area contributed by atoms with Gasteiger partial charge in [0.05, 0.1) is 5.69 Å². The fourth-order valence-corrected chi connectivity index (χ4v) is 2.69. The van der Waals surface area contributed by atoms with Crippen molar-refractivity contribution in [3.05, 3.63) is 66.9 Å². The average Bonchev–Trinajstić information content (AvgIpc) is 2.88. The van der Waals surface area contributed by atoms with Crippen LogP contribution in [0.5, 0.6) is 0 Å². The fourth-order valence-electron chi connectivity index (χ4n) is 2.69. The lowest BCUT2D eigenvalue weighted by molar-refractivity contribution is 0.617. The largest absolute Gasteiger partial charge is 0.462 e. The summed E-state index contributed by atoms with van der Waals surface area (Å²) in [5.41, 5.74) is 9.82. The first-order chi connectivity index (χ1) is 9.83. The van der Waals surface area contributed by atoms with Gasteiger partial charge in [-0.1, -0.05) is 48.5 Å². The Morgan fingerprint density at radius 1 is 0.800 bits per heavy atom. The smallest absolute Gasteiger partial charge is 0.136 e. The van der Waals surface area contributed by atoms with E-state index < -0.39 is 0 Å². The second kappa shape index (κ2) is 4.14. The minimum atomic E-state index is 0.682. The Morgan fingerprint density at radius 2 is 1.65 bits per heavy atom. The molecule has 0 saturated heterocycles. The van der Waals surface area contributed by atoms with Crippen molar-refractivity contribution in [2.75, 3.05) is 5.73 Å². The summed E-state index contributed by atoms with van der Waals surface area (Å²) in [7, 11) is 0. The molecule has 0 fully saturated rings. The van der Waals surface area contributed by atoms with Crippen molar-refractivity contribution >= 4 is 27.4 Å². The zero-order valence-electron chi connectivity index (χ0n) is 10.8. The number of nitrogen functional groups attached to an aromatic ring is 1.